The highest BCUT2D eigenvalue weighted by molar-refractivity contribution is 7.95. The van der Waals surface area contributed by atoms with Gasteiger partial charge >= 0.3 is 0 Å². The van der Waals surface area contributed by atoms with Gasteiger partial charge in [0.25, 0.3) is 5.69 Å². The van der Waals surface area contributed by atoms with Gasteiger partial charge in [-0.2, -0.15) is 0 Å². The van der Waals surface area contributed by atoms with E-state index in [1.807, 2.05) is 6.07 Å². The number of hydrogen-bond donors (Lipinski definition) is 0. The van der Waals surface area contributed by atoms with Crippen molar-refractivity contribution in [3.63, 3.8) is 0 Å². The van der Waals surface area contributed by atoms with Crippen LogP contribution in [0.3, 0.4) is 0 Å². The molecule has 0 spiro atoms. The van der Waals surface area contributed by atoms with Gasteiger partial charge in [-0.15, -0.1) is 0 Å². The highest BCUT2D eigenvalue weighted by Crippen LogP contribution is 2.40. The van der Waals surface area contributed by atoms with E-state index >= 15 is 0 Å². The number of ether oxygens (including phenoxy) is 1. The fraction of sp³-hybridized carbons (Fsp3) is 0.0476. The quantitative estimate of drug-likeness (QED) is 0.485. The predicted octanol–water partition coefficient (Wildman–Crippen LogP) is 4.37. The molecule has 0 saturated carbocycles. The van der Waals surface area contributed by atoms with Crippen LogP contribution < -0.4 is 4.74 Å². The van der Waals surface area contributed by atoms with E-state index in [9.17, 15) is 18.5 Å². The van der Waals surface area contributed by atoms with Crippen molar-refractivity contribution >= 4 is 21.3 Å². The number of fused-ring (bicyclic) bond motifs is 1. The molecule has 0 unspecified atom stereocenters. The minimum Gasteiger partial charge on any atom is -0.455 e. The average Bonchev–Trinajstić information content (AvgIpc) is 2.73. The lowest BCUT2D eigenvalue weighted by Crippen LogP contribution is -2.17. The van der Waals surface area contributed by atoms with Gasteiger partial charge in [0, 0.05) is 29.7 Å². The molecule has 0 amide bonds. The normalized spacial score (nSPS) is 13.6. The lowest BCUT2D eigenvalue weighted by molar-refractivity contribution is -0.384. The van der Waals surface area contributed by atoms with Gasteiger partial charge in [0.05, 0.1) is 14.7 Å². The van der Waals surface area contributed by atoms with Crippen LogP contribution in [0.2, 0.25) is 0 Å². The van der Waals surface area contributed by atoms with Crippen molar-refractivity contribution in [2.24, 2.45) is 0 Å². The van der Waals surface area contributed by atoms with Crippen LogP contribution in [0, 0.1) is 10.1 Å². The summed E-state index contributed by atoms with van der Waals surface area (Å²) in [5.41, 5.74) is 0.978. The molecule has 0 saturated heterocycles. The third-order valence-electron chi connectivity index (χ3n) is 4.49. The molecule has 1 heterocycles. The van der Waals surface area contributed by atoms with Gasteiger partial charge in [0.2, 0.25) is 9.84 Å². The Morgan fingerprint density at radius 2 is 1.54 bits per heavy atom. The van der Waals surface area contributed by atoms with Gasteiger partial charge in [-0.05, 0) is 18.2 Å². The van der Waals surface area contributed by atoms with Crippen molar-refractivity contribution in [2.45, 2.75) is 11.3 Å². The molecule has 0 radical (unpaired) electrons. The monoisotopic (exact) mass is 393 g/mol. The molecular formula is C21H15NO5S. The summed E-state index contributed by atoms with van der Waals surface area (Å²) in [6.45, 7) is 0. The molecule has 3 aromatic rings. The Kier molecular flexibility index (Phi) is 4.44. The predicted molar refractivity (Wildman–Crippen MR) is 104 cm³/mol. The van der Waals surface area contributed by atoms with Crippen molar-refractivity contribution < 1.29 is 18.1 Å². The minimum atomic E-state index is -3.85. The van der Waals surface area contributed by atoms with E-state index in [-0.39, 0.29) is 27.7 Å². The van der Waals surface area contributed by atoms with Gasteiger partial charge in [0.15, 0.2) is 0 Å². The Balaban J connectivity index is 1.91. The summed E-state index contributed by atoms with van der Waals surface area (Å²) in [5, 5.41) is 11.1. The fourth-order valence-electron chi connectivity index (χ4n) is 3.11. The van der Waals surface area contributed by atoms with Crippen LogP contribution in [-0.4, -0.2) is 13.3 Å². The maximum absolute atomic E-state index is 13.3. The van der Waals surface area contributed by atoms with Gasteiger partial charge < -0.3 is 4.74 Å². The average molecular weight is 393 g/mol. The molecule has 1 aliphatic heterocycles. The first-order chi connectivity index (χ1) is 13.5. The summed E-state index contributed by atoms with van der Waals surface area (Å²) in [6, 6.07) is 21.2. The Labute approximate surface area is 161 Å². The highest BCUT2D eigenvalue weighted by atomic mass is 32.2. The maximum atomic E-state index is 13.3. The van der Waals surface area contributed by atoms with Crippen molar-refractivity contribution in [3.05, 3.63) is 105 Å². The summed E-state index contributed by atoms with van der Waals surface area (Å²) in [5.74, 6) is 0.655. The van der Waals surface area contributed by atoms with E-state index < -0.39 is 14.8 Å². The fourth-order valence-corrected chi connectivity index (χ4v) is 4.65. The van der Waals surface area contributed by atoms with Crippen LogP contribution in [0.1, 0.15) is 11.1 Å². The third-order valence-corrected chi connectivity index (χ3v) is 6.36. The molecule has 4 rings (SSSR count). The lowest BCUT2D eigenvalue weighted by atomic mass is 10.0. The van der Waals surface area contributed by atoms with Crippen LogP contribution in [0.25, 0.3) is 5.76 Å². The molecule has 1 aliphatic rings. The van der Waals surface area contributed by atoms with E-state index in [0.29, 0.717) is 16.9 Å². The number of allylic oxidation sites excluding steroid dienone is 1. The summed E-state index contributed by atoms with van der Waals surface area (Å²) in [4.78, 5) is 10.8. The molecule has 140 valence electrons. The smallest absolute Gasteiger partial charge is 0.269 e. The topological polar surface area (TPSA) is 86.5 Å². The van der Waals surface area contributed by atoms with Crippen LogP contribution in [0.4, 0.5) is 5.69 Å². The summed E-state index contributed by atoms with van der Waals surface area (Å²) >= 11 is 0. The number of rotatable bonds is 4. The van der Waals surface area contributed by atoms with Crippen LogP contribution in [0.15, 0.2) is 88.7 Å². The number of benzene rings is 3. The second-order valence-electron chi connectivity index (χ2n) is 6.26. The van der Waals surface area contributed by atoms with E-state index in [4.69, 9.17) is 4.74 Å². The van der Waals surface area contributed by atoms with Crippen LogP contribution in [-0.2, 0) is 16.3 Å². The number of non-ortho nitro benzene ring substituents is 1. The van der Waals surface area contributed by atoms with Crippen LogP contribution in [0.5, 0.6) is 5.75 Å². The first kappa shape index (κ1) is 17.9. The molecule has 0 bridgehead atoms. The first-order valence-corrected chi connectivity index (χ1v) is 9.99. The van der Waals surface area contributed by atoms with Crippen LogP contribution >= 0.6 is 0 Å². The highest BCUT2D eigenvalue weighted by Gasteiger charge is 2.32. The molecule has 0 aliphatic carbocycles. The molecule has 0 N–H and O–H groups in total. The summed E-state index contributed by atoms with van der Waals surface area (Å²) in [7, 11) is -3.85. The molecule has 6 nitrogen and oxygen atoms in total. The Morgan fingerprint density at radius 3 is 2.18 bits per heavy atom. The van der Waals surface area contributed by atoms with Crippen molar-refractivity contribution in [1.29, 1.82) is 0 Å². The maximum Gasteiger partial charge on any atom is 0.269 e. The molecule has 0 fully saturated rings. The SMILES string of the molecule is O=[N+]([O-])c1ccc2c(c1)CC(S(=O)(=O)c1ccccc1)=C(c1ccccc1)O2. The zero-order valence-corrected chi connectivity index (χ0v) is 15.4. The second-order valence-corrected chi connectivity index (χ2v) is 8.23. The van der Waals surface area contributed by atoms with E-state index in [1.165, 1.54) is 30.3 Å². The van der Waals surface area contributed by atoms with Crippen molar-refractivity contribution in [1.82, 2.24) is 0 Å². The summed E-state index contributed by atoms with van der Waals surface area (Å²) < 4.78 is 32.6. The third kappa shape index (κ3) is 3.16. The van der Waals surface area contributed by atoms with E-state index in [2.05, 4.69) is 0 Å². The largest absolute Gasteiger partial charge is 0.455 e. The standard InChI is InChI=1S/C21H15NO5S/c23-22(24)17-11-12-19-16(13-17)14-20(21(27-19)15-7-3-1-4-8-15)28(25,26)18-9-5-2-6-10-18/h1-13H,14H2. The molecule has 3 aromatic carbocycles. The van der Waals surface area contributed by atoms with Gasteiger partial charge in [-0.1, -0.05) is 48.5 Å². The second kappa shape index (κ2) is 6.94. The molecular weight excluding hydrogens is 378 g/mol. The molecule has 0 aromatic heterocycles. The first-order valence-electron chi connectivity index (χ1n) is 8.51. The molecule has 28 heavy (non-hydrogen) atoms. The number of hydrogen-bond acceptors (Lipinski definition) is 5. The zero-order chi connectivity index (χ0) is 19.7. The van der Waals surface area contributed by atoms with Crippen molar-refractivity contribution in [3.8, 4) is 5.75 Å². The van der Waals surface area contributed by atoms with Gasteiger partial charge in [-0.3, -0.25) is 10.1 Å². The number of nitro groups is 1. The van der Waals surface area contributed by atoms with Crippen molar-refractivity contribution in [2.75, 3.05) is 0 Å². The number of sulfone groups is 1. The van der Waals surface area contributed by atoms with E-state index in [0.717, 1.165) is 0 Å². The number of nitro benzene ring substituents is 1. The molecule has 0 atom stereocenters. The molecule has 7 heteroatoms. The Hall–Kier alpha value is -3.45. The number of nitrogens with zero attached hydrogens (tertiary/aromatic N) is 1. The lowest BCUT2D eigenvalue weighted by Gasteiger charge is -2.23. The Morgan fingerprint density at radius 1 is 0.893 bits per heavy atom. The zero-order valence-electron chi connectivity index (χ0n) is 14.6. The van der Waals surface area contributed by atoms with Gasteiger partial charge in [0.1, 0.15) is 11.5 Å². The Bertz CT molecular complexity index is 1190. The minimum absolute atomic E-state index is 0.0124. The van der Waals surface area contributed by atoms with E-state index in [1.54, 1.807) is 42.5 Å². The summed E-state index contributed by atoms with van der Waals surface area (Å²) in [6.07, 6.45) is 0.0124. The van der Waals surface area contributed by atoms with Gasteiger partial charge in [-0.25, -0.2) is 8.42 Å².